The second-order valence-corrected chi connectivity index (χ2v) is 3.95. The molecule has 1 aliphatic rings. The van der Waals surface area contributed by atoms with Gasteiger partial charge in [-0.2, -0.15) is 0 Å². The van der Waals surface area contributed by atoms with Gasteiger partial charge in [0.25, 0.3) is 0 Å². The summed E-state index contributed by atoms with van der Waals surface area (Å²) < 4.78 is 4.50. The summed E-state index contributed by atoms with van der Waals surface area (Å²) in [6.45, 7) is 0. The number of hydrogen-bond donors (Lipinski definition) is 2. The molecule has 1 saturated carbocycles. The molecule has 0 aromatic heterocycles. The van der Waals surface area contributed by atoms with E-state index in [1.165, 1.54) is 7.11 Å². The van der Waals surface area contributed by atoms with Gasteiger partial charge in [-0.25, -0.2) is 4.79 Å². The number of carboxylic acids is 1. The lowest BCUT2D eigenvalue weighted by atomic mass is 9.84. The first kappa shape index (κ1) is 11.8. The number of nitrogens with one attached hydrogen (secondary N) is 1. The molecule has 5 nitrogen and oxygen atoms in total. The van der Waals surface area contributed by atoms with E-state index in [4.69, 9.17) is 5.11 Å². The normalized spacial score (nSPS) is 25.7. The number of carboxylic acid groups (broad SMARTS) is 1. The predicted octanol–water partition coefficient (Wildman–Crippen LogP) is 1.38. The van der Waals surface area contributed by atoms with Crippen molar-refractivity contribution in [2.45, 2.75) is 38.1 Å². The van der Waals surface area contributed by atoms with Crippen molar-refractivity contribution in [2.24, 2.45) is 5.92 Å². The van der Waals surface area contributed by atoms with Crippen LogP contribution in [0.25, 0.3) is 0 Å². The number of carbonyl (C=O) groups is 2. The zero-order valence-electron chi connectivity index (χ0n) is 8.86. The molecule has 0 heterocycles. The molecule has 0 radical (unpaired) electrons. The number of alkyl carbamates (subject to hydrolysis) is 1. The lowest BCUT2D eigenvalue weighted by Gasteiger charge is -2.27. The molecule has 0 unspecified atom stereocenters. The molecule has 0 aliphatic heterocycles. The number of rotatable bonds is 3. The van der Waals surface area contributed by atoms with Gasteiger partial charge in [0, 0.05) is 12.5 Å². The molecule has 0 aromatic rings. The van der Waals surface area contributed by atoms with Crippen LogP contribution in [0.1, 0.15) is 32.1 Å². The monoisotopic (exact) mass is 215 g/mol. The van der Waals surface area contributed by atoms with Gasteiger partial charge in [-0.05, 0) is 31.6 Å². The Balaban J connectivity index is 2.23. The highest BCUT2D eigenvalue weighted by Crippen LogP contribution is 2.26. The molecular formula is C10H17NO4. The number of hydrogen-bond acceptors (Lipinski definition) is 3. The van der Waals surface area contributed by atoms with Crippen molar-refractivity contribution in [1.82, 2.24) is 5.32 Å². The summed E-state index contributed by atoms with van der Waals surface area (Å²) in [6.07, 6.45) is 3.24. The molecule has 0 atom stereocenters. The minimum atomic E-state index is -0.737. The van der Waals surface area contributed by atoms with Gasteiger partial charge < -0.3 is 15.2 Å². The van der Waals surface area contributed by atoms with Gasteiger partial charge in [0.1, 0.15) is 0 Å². The molecule has 2 N–H and O–H groups in total. The molecule has 0 aromatic carbocycles. The van der Waals surface area contributed by atoms with Gasteiger partial charge in [-0.1, -0.05) is 0 Å². The number of amides is 1. The van der Waals surface area contributed by atoms with Gasteiger partial charge in [-0.3, -0.25) is 4.79 Å². The van der Waals surface area contributed by atoms with E-state index in [9.17, 15) is 9.59 Å². The Morgan fingerprint density at radius 2 is 1.93 bits per heavy atom. The molecule has 1 fully saturated rings. The van der Waals surface area contributed by atoms with Crippen LogP contribution in [-0.4, -0.2) is 30.3 Å². The Morgan fingerprint density at radius 1 is 1.33 bits per heavy atom. The van der Waals surface area contributed by atoms with E-state index in [2.05, 4.69) is 10.1 Å². The van der Waals surface area contributed by atoms with E-state index in [0.717, 1.165) is 25.7 Å². The van der Waals surface area contributed by atoms with Gasteiger partial charge in [0.15, 0.2) is 0 Å². The van der Waals surface area contributed by atoms with E-state index in [0.29, 0.717) is 0 Å². The van der Waals surface area contributed by atoms with Crippen LogP contribution in [0.5, 0.6) is 0 Å². The van der Waals surface area contributed by atoms with Crippen molar-refractivity contribution in [3.8, 4) is 0 Å². The molecule has 15 heavy (non-hydrogen) atoms. The number of aliphatic carboxylic acids is 1. The highest BCUT2D eigenvalue weighted by molar-refractivity contribution is 5.67. The third-order valence-corrected chi connectivity index (χ3v) is 2.82. The second-order valence-electron chi connectivity index (χ2n) is 3.95. The van der Waals surface area contributed by atoms with E-state index in [1.807, 2.05) is 0 Å². The fourth-order valence-electron chi connectivity index (χ4n) is 1.98. The van der Waals surface area contributed by atoms with Crippen molar-refractivity contribution in [3.05, 3.63) is 0 Å². The Labute approximate surface area is 88.8 Å². The smallest absolute Gasteiger partial charge is 0.407 e. The fourth-order valence-corrected chi connectivity index (χ4v) is 1.98. The fraction of sp³-hybridized carbons (Fsp3) is 0.800. The summed E-state index contributed by atoms with van der Waals surface area (Å²) in [6, 6.07) is 0.141. The highest BCUT2D eigenvalue weighted by atomic mass is 16.5. The van der Waals surface area contributed by atoms with Crippen LogP contribution >= 0.6 is 0 Å². The molecule has 1 rings (SSSR count). The Hall–Kier alpha value is -1.26. The first-order valence-corrected chi connectivity index (χ1v) is 5.18. The standard InChI is InChI=1S/C10H17NO4/c1-15-10(14)11-8-4-2-7(3-5-8)6-9(12)13/h7-8H,2-6H2,1H3,(H,11,14)(H,12,13)/t7-,8-. The Bertz CT molecular complexity index is 234. The summed E-state index contributed by atoms with van der Waals surface area (Å²) in [4.78, 5) is 21.4. The van der Waals surface area contributed by atoms with Crippen LogP contribution in [0.3, 0.4) is 0 Å². The highest BCUT2D eigenvalue weighted by Gasteiger charge is 2.23. The average Bonchev–Trinajstić information content (AvgIpc) is 2.20. The maximum absolute atomic E-state index is 10.9. The Kier molecular flexibility index (Phi) is 4.39. The molecule has 86 valence electrons. The minimum absolute atomic E-state index is 0.141. The molecule has 0 bridgehead atoms. The van der Waals surface area contributed by atoms with Crippen molar-refractivity contribution >= 4 is 12.1 Å². The lowest BCUT2D eigenvalue weighted by Crippen LogP contribution is -2.37. The summed E-state index contributed by atoms with van der Waals surface area (Å²) in [7, 11) is 1.34. The molecule has 1 aliphatic carbocycles. The first-order valence-electron chi connectivity index (χ1n) is 5.18. The predicted molar refractivity (Wildman–Crippen MR) is 53.5 cm³/mol. The molecule has 0 spiro atoms. The van der Waals surface area contributed by atoms with Gasteiger partial charge in [0.2, 0.25) is 0 Å². The topological polar surface area (TPSA) is 75.6 Å². The zero-order valence-corrected chi connectivity index (χ0v) is 8.86. The van der Waals surface area contributed by atoms with Crippen LogP contribution in [0.2, 0.25) is 0 Å². The quantitative estimate of drug-likeness (QED) is 0.745. The second kappa shape index (κ2) is 5.58. The van der Waals surface area contributed by atoms with Gasteiger partial charge in [0.05, 0.1) is 7.11 Å². The van der Waals surface area contributed by atoms with Crippen LogP contribution in [0.15, 0.2) is 0 Å². The van der Waals surface area contributed by atoms with E-state index >= 15 is 0 Å². The summed E-state index contributed by atoms with van der Waals surface area (Å²) in [5, 5.41) is 11.4. The maximum atomic E-state index is 10.9. The Morgan fingerprint density at radius 3 is 2.40 bits per heavy atom. The van der Waals surface area contributed by atoms with Crippen molar-refractivity contribution < 1.29 is 19.4 Å². The summed E-state index contributed by atoms with van der Waals surface area (Å²) >= 11 is 0. The molecule has 5 heteroatoms. The third-order valence-electron chi connectivity index (χ3n) is 2.82. The number of ether oxygens (including phenoxy) is 1. The van der Waals surface area contributed by atoms with E-state index < -0.39 is 12.1 Å². The van der Waals surface area contributed by atoms with Crippen LogP contribution < -0.4 is 5.32 Å². The van der Waals surface area contributed by atoms with Crippen LogP contribution in [0, 0.1) is 5.92 Å². The largest absolute Gasteiger partial charge is 0.481 e. The zero-order chi connectivity index (χ0) is 11.3. The lowest BCUT2D eigenvalue weighted by molar-refractivity contribution is -0.138. The minimum Gasteiger partial charge on any atom is -0.481 e. The number of carbonyl (C=O) groups excluding carboxylic acids is 1. The van der Waals surface area contributed by atoms with Crippen LogP contribution in [-0.2, 0) is 9.53 Å². The first-order chi connectivity index (χ1) is 7.11. The van der Waals surface area contributed by atoms with Gasteiger partial charge >= 0.3 is 12.1 Å². The summed E-state index contributed by atoms with van der Waals surface area (Å²) in [5.74, 6) is -0.474. The molecular weight excluding hydrogens is 198 g/mol. The van der Waals surface area contributed by atoms with E-state index in [1.54, 1.807) is 0 Å². The SMILES string of the molecule is COC(=O)N[C@H]1CC[C@H](CC(=O)O)CC1. The van der Waals surface area contributed by atoms with Crippen molar-refractivity contribution in [1.29, 1.82) is 0 Å². The molecule has 1 amide bonds. The van der Waals surface area contributed by atoms with Gasteiger partial charge in [-0.15, -0.1) is 0 Å². The third kappa shape index (κ3) is 4.18. The van der Waals surface area contributed by atoms with Crippen LogP contribution in [0.4, 0.5) is 4.79 Å². The summed E-state index contributed by atoms with van der Waals surface area (Å²) in [5.41, 5.74) is 0. The average molecular weight is 215 g/mol. The van der Waals surface area contributed by atoms with Crippen molar-refractivity contribution in [2.75, 3.05) is 7.11 Å². The number of methoxy groups -OCH3 is 1. The van der Waals surface area contributed by atoms with E-state index in [-0.39, 0.29) is 18.4 Å². The maximum Gasteiger partial charge on any atom is 0.407 e. The van der Waals surface area contributed by atoms with Crippen molar-refractivity contribution in [3.63, 3.8) is 0 Å². The molecule has 0 saturated heterocycles.